The van der Waals surface area contributed by atoms with Crippen LogP contribution >= 0.6 is 24.5 Å². The summed E-state index contributed by atoms with van der Waals surface area (Å²) in [5.74, 6) is -1.33. The molecule has 0 unspecified atom stereocenters. The van der Waals surface area contributed by atoms with Gasteiger partial charge in [-0.1, -0.05) is 0 Å². The molecule has 0 aromatic heterocycles. The topological polar surface area (TPSA) is 84.0 Å². The molecule has 92 valence electrons. The molecule has 2 saturated heterocycles. The van der Waals surface area contributed by atoms with Gasteiger partial charge in [-0.05, 0) is 0 Å². The Balaban J connectivity index is 1.79. The maximum absolute atomic E-state index is 11.2. The molecule has 0 N–H and O–H groups in total. The van der Waals surface area contributed by atoms with E-state index in [2.05, 4.69) is 0 Å². The Morgan fingerprint density at radius 1 is 0.706 bits per heavy atom. The van der Waals surface area contributed by atoms with E-state index in [1.807, 2.05) is 0 Å². The number of hydrogen-bond donors (Lipinski definition) is 0. The van der Waals surface area contributed by atoms with Crippen molar-refractivity contribution in [2.24, 2.45) is 0 Å². The minimum atomic E-state index is -0.334. The highest BCUT2D eigenvalue weighted by Crippen LogP contribution is 2.30. The van der Waals surface area contributed by atoms with Crippen molar-refractivity contribution in [1.29, 1.82) is 0 Å². The number of carbonyl (C=O) groups is 4. The molecule has 2 aliphatic rings. The number of hydrogen-bond acceptors (Lipinski definition) is 7. The van der Waals surface area contributed by atoms with Crippen molar-refractivity contribution in [2.45, 2.75) is 25.7 Å². The summed E-state index contributed by atoms with van der Waals surface area (Å²) in [7, 11) is 0. The van der Waals surface area contributed by atoms with E-state index >= 15 is 0 Å². The van der Waals surface area contributed by atoms with Gasteiger partial charge in [0.05, 0.1) is 0 Å². The molecular formula is C8H8N2O5S2. The monoisotopic (exact) mass is 276 g/mol. The van der Waals surface area contributed by atoms with Crippen LogP contribution in [0.1, 0.15) is 25.7 Å². The molecule has 4 amide bonds. The summed E-state index contributed by atoms with van der Waals surface area (Å²) in [4.78, 5) is 44.8. The first-order valence-electron chi connectivity index (χ1n) is 4.82. The summed E-state index contributed by atoms with van der Waals surface area (Å²) < 4.78 is 6.66. The van der Waals surface area contributed by atoms with Crippen LogP contribution in [-0.2, 0) is 22.8 Å². The Morgan fingerprint density at radius 2 is 1.00 bits per heavy atom. The molecule has 0 atom stereocenters. The van der Waals surface area contributed by atoms with Crippen LogP contribution in [0.3, 0.4) is 0 Å². The highest BCUT2D eigenvalue weighted by Gasteiger charge is 2.33. The van der Waals surface area contributed by atoms with E-state index in [0.29, 0.717) is 24.5 Å². The molecule has 0 aliphatic carbocycles. The standard InChI is InChI=1S/C8H8N2O5S2/c11-5-1-2-6(12)9(5)16-15-17-10-7(13)3-4-8(10)14/h1-4H2. The highest BCUT2D eigenvalue weighted by molar-refractivity contribution is 8.06. The number of rotatable bonds is 4. The minimum Gasteiger partial charge on any atom is -0.273 e. The molecule has 17 heavy (non-hydrogen) atoms. The van der Waals surface area contributed by atoms with Crippen molar-refractivity contribution in [1.82, 2.24) is 8.61 Å². The van der Waals surface area contributed by atoms with Crippen LogP contribution in [0, 0.1) is 0 Å². The van der Waals surface area contributed by atoms with Crippen molar-refractivity contribution in [3.8, 4) is 0 Å². The Morgan fingerprint density at radius 3 is 1.29 bits per heavy atom. The molecule has 0 saturated carbocycles. The molecule has 0 spiro atoms. The second-order valence-corrected chi connectivity index (χ2v) is 4.95. The molecule has 2 aliphatic heterocycles. The maximum atomic E-state index is 11.2. The quantitative estimate of drug-likeness (QED) is 0.418. The van der Waals surface area contributed by atoms with E-state index in [4.69, 9.17) is 3.63 Å². The average molecular weight is 276 g/mol. The maximum Gasteiger partial charge on any atom is 0.241 e. The fourth-order valence-corrected chi connectivity index (χ4v) is 2.65. The van der Waals surface area contributed by atoms with E-state index in [1.165, 1.54) is 0 Å². The third-order valence-corrected chi connectivity index (χ3v) is 3.82. The summed E-state index contributed by atoms with van der Waals surface area (Å²) in [5.41, 5.74) is 0. The van der Waals surface area contributed by atoms with Crippen LogP contribution in [0.4, 0.5) is 0 Å². The zero-order valence-corrected chi connectivity index (χ0v) is 10.2. The summed E-state index contributed by atoms with van der Waals surface area (Å²) in [6, 6.07) is 0. The number of imide groups is 2. The van der Waals surface area contributed by atoms with Crippen molar-refractivity contribution < 1.29 is 22.8 Å². The lowest BCUT2D eigenvalue weighted by molar-refractivity contribution is -0.133. The third kappa shape index (κ3) is 2.61. The zero-order chi connectivity index (χ0) is 12.4. The molecule has 7 nitrogen and oxygen atoms in total. The number of carbonyl (C=O) groups excluding carboxylic acids is 4. The van der Waals surface area contributed by atoms with Crippen LogP contribution in [0.15, 0.2) is 0 Å². The normalized spacial score (nSPS) is 20.9. The predicted molar refractivity (Wildman–Crippen MR) is 58.4 cm³/mol. The van der Waals surface area contributed by atoms with E-state index in [1.54, 1.807) is 0 Å². The fourth-order valence-electron chi connectivity index (χ4n) is 1.35. The van der Waals surface area contributed by atoms with Crippen molar-refractivity contribution in [3.63, 3.8) is 0 Å². The van der Waals surface area contributed by atoms with Gasteiger partial charge in [0.2, 0.25) is 23.6 Å². The Labute approximate surface area is 105 Å². The summed E-state index contributed by atoms with van der Waals surface area (Å²) in [5, 5.41) is 0. The molecule has 0 radical (unpaired) electrons. The first kappa shape index (κ1) is 12.4. The third-order valence-electron chi connectivity index (χ3n) is 2.22. The van der Waals surface area contributed by atoms with Gasteiger partial charge in [-0.2, -0.15) is 8.61 Å². The first-order chi connectivity index (χ1) is 8.09. The first-order valence-corrected chi connectivity index (χ1v) is 6.22. The molecule has 9 heteroatoms. The van der Waals surface area contributed by atoms with Gasteiger partial charge in [0.25, 0.3) is 0 Å². The van der Waals surface area contributed by atoms with Crippen LogP contribution in [0.5, 0.6) is 0 Å². The lowest BCUT2D eigenvalue weighted by Gasteiger charge is -2.13. The molecule has 2 fully saturated rings. The van der Waals surface area contributed by atoms with Gasteiger partial charge in [0.15, 0.2) is 0 Å². The van der Waals surface area contributed by atoms with Gasteiger partial charge in [-0.15, -0.1) is 0 Å². The summed E-state index contributed by atoms with van der Waals surface area (Å²) in [6.07, 6.45) is 0.672. The predicted octanol–water partition coefficient (Wildman–Crippen LogP) is 0.427. The molecule has 0 bridgehead atoms. The number of amides is 4. The molecule has 2 heterocycles. The van der Waals surface area contributed by atoms with Crippen LogP contribution in [0.2, 0.25) is 0 Å². The summed E-state index contributed by atoms with van der Waals surface area (Å²) in [6.45, 7) is 0. The smallest absolute Gasteiger partial charge is 0.241 e. The molecule has 0 aromatic carbocycles. The lowest BCUT2D eigenvalue weighted by atomic mass is 10.4. The number of nitrogens with zero attached hydrogens (tertiary/aromatic N) is 2. The van der Waals surface area contributed by atoms with Gasteiger partial charge in [-0.25, -0.2) is 3.63 Å². The SMILES string of the molecule is O=C1CCC(=O)N1SOSN1C(=O)CCC1=O. The second kappa shape index (κ2) is 5.07. The molecular weight excluding hydrogens is 268 g/mol. The van der Waals surface area contributed by atoms with Crippen LogP contribution < -0.4 is 0 Å². The largest absolute Gasteiger partial charge is 0.273 e. The lowest BCUT2D eigenvalue weighted by Crippen LogP contribution is -2.23. The molecule has 2 rings (SSSR count). The van der Waals surface area contributed by atoms with E-state index in [0.717, 1.165) is 8.61 Å². The Bertz CT molecular complexity index is 331. The Hall–Kier alpha value is -1.06. The van der Waals surface area contributed by atoms with Gasteiger partial charge >= 0.3 is 0 Å². The van der Waals surface area contributed by atoms with Gasteiger partial charge in [0.1, 0.15) is 24.5 Å². The average Bonchev–Trinajstić information content (AvgIpc) is 2.77. The van der Waals surface area contributed by atoms with Gasteiger partial charge < -0.3 is 0 Å². The summed E-state index contributed by atoms with van der Waals surface area (Å²) >= 11 is 1.08. The van der Waals surface area contributed by atoms with Crippen LogP contribution in [0.25, 0.3) is 0 Å². The zero-order valence-electron chi connectivity index (χ0n) is 8.58. The fraction of sp³-hybridized carbons (Fsp3) is 0.500. The van der Waals surface area contributed by atoms with Gasteiger partial charge in [0, 0.05) is 25.7 Å². The van der Waals surface area contributed by atoms with E-state index < -0.39 is 0 Å². The van der Waals surface area contributed by atoms with Gasteiger partial charge in [-0.3, -0.25) is 19.2 Å². The second-order valence-electron chi connectivity index (χ2n) is 3.38. The van der Waals surface area contributed by atoms with E-state index in [9.17, 15) is 19.2 Å². The van der Waals surface area contributed by atoms with Crippen molar-refractivity contribution in [2.75, 3.05) is 0 Å². The molecule has 0 aromatic rings. The Kier molecular flexibility index (Phi) is 3.69. The van der Waals surface area contributed by atoms with Crippen molar-refractivity contribution >= 4 is 48.1 Å². The minimum absolute atomic E-state index is 0.168. The highest BCUT2D eigenvalue weighted by atomic mass is 32.2. The van der Waals surface area contributed by atoms with Crippen molar-refractivity contribution in [3.05, 3.63) is 0 Å². The van der Waals surface area contributed by atoms with Crippen LogP contribution in [-0.4, -0.2) is 32.2 Å². The van der Waals surface area contributed by atoms with E-state index in [-0.39, 0.29) is 49.3 Å².